The van der Waals surface area contributed by atoms with Crippen molar-refractivity contribution in [2.75, 3.05) is 35.2 Å². The van der Waals surface area contributed by atoms with E-state index in [1.54, 1.807) is 0 Å². The van der Waals surface area contributed by atoms with Crippen molar-refractivity contribution in [3.63, 3.8) is 0 Å². The summed E-state index contributed by atoms with van der Waals surface area (Å²) in [5, 5.41) is 12.9. The molecular weight excluding hydrogens is 470 g/mol. The van der Waals surface area contributed by atoms with E-state index in [-0.39, 0.29) is 29.2 Å². The van der Waals surface area contributed by atoms with Crippen LogP contribution in [0.5, 0.6) is 0 Å². The van der Waals surface area contributed by atoms with E-state index in [4.69, 9.17) is 5.73 Å². The number of benzene rings is 1. The second-order valence-corrected chi connectivity index (χ2v) is 13.0. The van der Waals surface area contributed by atoms with E-state index in [2.05, 4.69) is 21.3 Å². The molecule has 2 saturated carbocycles. The molecule has 3 fully saturated rings. The number of nitrogens with two attached hydrogens (primary N) is 1. The predicted octanol–water partition coefficient (Wildman–Crippen LogP) is 3.07. The van der Waals surface area contributed by atoms with Gasteiger partial charge in [-0.3, -0.25) is 4.79 Å². The SMILES string of the molecule is N#CC1(NC(=O)[C@@H]2CCCC[C@H]2c2nc(N)sc2-c2ccc(N3CCS(=O)(=O)CC3)cc2)CC1. The van der Waals surface area contributed by atoms with Crippen molar-refractivity contribution in [2.45, 2.75) is 50.0 Å². The fourth-order valence-electron chi connectivity index (χ4n) is 5.09. The first kappa shape index (κ1) is 23.1. The van der Waals surface area contributed by atoms with Gasteiger partial charge in [-0.2, -0.15) is 5.26 Å². The zero-order valence-corrected chi connectivity index (χ0v) is 20.6. The molecule has 1 amide bonds. The lowest BCUT2D eigenvalue weighted by molar-refractivity contribution is -0.127. The average Bonchev–Trinajstić information content (AvgIpc) is 3.50. The Morgan fingerprint density at radius 1 is 1.18 bits per heavy atom. The van der Waals surface area contributed by atoms with Gasteiger partial charge in [0.15, 0.2) is 15.0 Å². The van der Waals surface area contributed by atoms with E-state index in [9.17, 15) is 18.5 Å². The molecule has 3 aliphatic rings. The molecule has 2 heterocycles. The second kappa shape index (κ2) is 8.86. The number of hydrogen-bond acceptors (Lipinski definition) is 8. The standard InChI is InChI=1S/C24H29N5O3S2/c25-15-24(9-10-24)28-22(30)19-4-2-1-3-18(19)20-21(33-23(26)27-20)16-5-7-17(8-6-16)29-11-13-34(31,32)14-12-29/h5-8,18-19H,1-4,9-14H2,(H2,26,27)(H,28,30)/t18-,19-/m1/s1. The van der Waals surface area contributed by atoms with Crippen molar-refractivity contribution in [3.8, 4) is 16.5 Å². The van der Waals surface area contributed by atoms with Crippen molar-refractivity contribution in [1.82, 2.24) is 10.3 Å². The Balaban J connectivity index is 1.38. The van der Waals surface area contributed by atoms with Crippen molar-refractivity contribution in [1.29, 1.82) is 5.26 Å². The van der Waals surface area contributed by atoms with Gasteiger partial charge in [0, 0.05) is 30.6 Å². The molecular formula is C24H29N5O3S2. The second-order valence-electron chi connectivity index (χ2n) is 9.63. The number of nitrogens with zero attached hydrogens (tertiary/aromatic N) is 3. The number of anilines is 2. The molecule has 0 radical (unpaired) electrons. The number of hydrogen-bond donors (Lipinski definition) is 2. The highest BCUT2D eigenvalue weighted by atomic mass is 32.2. The molecule has 3 N–H and O–H groups in total. The van der Waals surface area contributed by atoms with Gasteiger partial charge in [0.1, 0.15) is 5.54 Å². The molecule has 5 rings (SSSR count). The van der Waals surface area contributed by atoms with E-state index in [1.165, 1.54) is 11.3 Å². The molecule has 2 aromatic rings. The number of carbonyl (C=O) groups is 1. The number of carbonyl (C=O) groups excluding carboxylic acids is 1. The molecule has 2 atom stereocenters. The summed E-state index contributed by atoms with van der Waals surface area (Å²) >= 11 is 1.44. The van der Waals surface area contributed by atoms with Crippen molar-refractivity contribution in [2.24, 2.45) is 5.92 Å². The summed E-state index contributed by atoms with van der Waals surface area (Å²) in [5.74, 6) is 0.0789. The largest absolute Gasteiger partial charge is 0.375 e. The molecule has 1 aromatic carbocycles. The van der Waals surface area contributed by atoms with E-state index < -0.39 is 15.4 Å². The number of aromatic nitrogens is 1. The Labute approximate surface area is 204 Å². The predicted molar refractivity (Wildman–Crippen MR) is 133 cm³/mol. The third-order valence-electron chi connectivity index (χ3n) is 7.29. The minimum atomic E-state index is -2.92. The van der Waals surface area contributed by atoms with Gasteiger partial charge in [0.2, 0.25) is 5.91 Å². The molecule has 0 bridgehead atoms. The number of nitrogen functional groups attached to an aromatic ring is 1. The smallest absolute Gasteiger partial charge is 0.225 e. The summed E-state index contributed by atoms with van der Waals surface area (Å²) in [4.78, 5) is 20.9. The van der Waals surface area contributed by atoms with Gasteiger partial charge in [-0.25, -0.2) is 13.4 Å². The Bertz CT molecular complexity index is 1210. The third-order valence-corrected chi connectivity index (χ3v) is 9.85. The maximum Gasteiger partial charge on any atom is 0.225 e. The first-order valence-electron chi connectivity index (χ1n) is 11.8. The molecule has 0 unspecified atom stereocenters. The summed E-state index contributed by atoms with van der Waals surface area (Å²) in [7, 11) is -2.92. The van der Waals surface area contributed by atoms with Gasteiger partial charge >= 0.3 is 0 Å². The number of amides is 1. The van der Waals surface area contributed by atoms with Crippen molar-refractivity contribution >= 4 is 37.9 Å². The van der Waals surface area contributed by atoms with Crippen LogP contribution in [0.15, 0.2) is 24.3 Å². The number of rotatable bonds is 5. The van der Waals surface area contributed by atoms with Crippen LogP contribution in [-0.4, -0.2) is 49.4 Å². The van der Waals surface area contributed by atoms with Crippen LogP contribution in [0.2, 0.25) is 0 Å². The van der Waals surface area contributed by atoms with Crippen molar-refractivity contribution < 1.29 is 13.2 Å². The van der Waals surface area contributed by atoms with Crippen LogP contribution in [-0.2, 0) is 14.6 Å². The number of nitriles is 1. The van der Waals surface area contributed by atoms with Gasteiger partial charge in [-0.05, 0) is 43.4 Å². The fraction of sp³-hybridized carbons (Fsp3) is 0.542. The van der Waals surface area contributed by atoms with Gasteiger partial charge < -0.3 is 16.0 Å². The van der Waals surface area contributed by atoms with E-state index in [0.717, 1.165) is 60.3 Å². The van der Waals surface area contributed by atoms with Crippen LogP contribution in [0.4, 0.5) is 10.8 Å². The molecule has 1 aliphatic heterocycles. The summed E-state index contributed by atoms with van der Waals surface area (Å²) in [6, 6.07) is 10.3. The Morgan fingerprint density at radius 3 is 2.50 bits per heavy atom. The first-order valence-corrected chi connectivity index (χ1v) is 14.5. The monoisotopic (exact) mass is 499 g/mol. The lowest BCUT2D eigenvalue weighted by atomic mass is 9.76. The van der Waals surface area contributed by atoms with Crippen LogP contribution in [0.25, 0.3) is 10.4 Å². The van der Waals surface area contributed by atoms with Gasteiger partial charge in [-0.15, -0.1) is 0 Å². The van der Waals surface area contributed by atoms with E-state index >= 15 is 0 Å². The molecule has 10 heteroatoms. The zero-order chi connectivity index (χ0) is 23.9. The molecule has 34 heavy (non-hydrogen) atoms. The van der Waals surface area contributed by atoms with E-state index in [1.807, 2.05) is 24.3 Å². The van der Waals surface area contributed by atoms with Gasteiger partial charge in [-0.1, -0.05) is 36.3 Å². The first-order chi connectivity index (χ1) is 16.3. The van der Waals surface area contributed by atoms with E-state index in [0.29, 0.717) is 18.2 Å². The summed E-state index contributed by atoms with van der Waals surface area (Å²) in [6.45, 7) is 1.01. The molecule has 1 aromatic heterocycles. The molecule has 0 spiro atoms. The number of thiazole rings is 1. The van der Waals surface area contributed by atoms with Gasteiger partial charge in [0.25, 0.3) is 0 Å². The minimum Gasteiger partial charge on any atom is -0.375 e. The lowest BCUT2D eigenvalue weighted by Gasteiger charge is -2.31. The maximum atomic E-state index is 13.2. The zero-order valence-electron chi connectivity index (χ0n) is 19.0. The van der Waals surface area contributed by atoms with Gasteiger partial charge in [0.05, 0.1) is 28.1 Å². The molecule has 180 valence electrons. The van der Waals surface area contributed by atoms with Crippen LogP contribution in [0, 0.1) is 17.2 Å². The maximum absolute atomic E-state index is 13.2. The Kier molecular flexibility index (Phi) is 6.02. The Morgan fingerprint density at radius 2 is 1.85 bits per heavy atom. The highest BCUT2D eigenvalue weighted by Crippen LogP contribution is 2.45. The normalized spacial score (nSPS) is 25.3. The molecule has 8 nitrogen and oxygen atoms in total. The highest BCUT2D eigenvalue weighted by Gasteiger charge is 2.47. The average molecular weight is 500 g/mol. The number of nitrogens with one attached hydrogen (secondary N) is 1. The fourth-order valence-corrected chi connectivity index (χ4v) is 7.20. The highest BCUT2D eigenvalue weighted by molar-refractivity contribution is 7.91. The summed E-state index contributed by atoms with van der Waals surface area (Å²) < 4.78 is 23.5. The summed E-state index contributed by atoms with van der Waals surface area (Å²) in [5.41, 5.74) is 8.35. The topological polar surface area (TPSA) is 129 Å². The quantitative estimate of drug-likeness (QED) is 0.647. The molecule has 1 saturated heterocycles. The lowest BCUT2D eigenvalue weighted by Crippen LogP contribution is -2.42. The van der Waals surface area contributed by atoms with Crippen LogP contribution < -0.4 is 16.0 Å². The van der Waals surface area contributed by atoms with Crippen LogP contribution in [0.3, 0.4) is 0 Å². The minimum absolute atomic E-state index is 0.0289. The Hall–Kier alpha value is -2.64. The van der Waals surface area contributed by atoms with Crippen LogP contribution in [0.1, 0.15) is 50.1 Å². The number of sulfone groups is 1. The summed E-state index contributed by atoms with van der Waals surface area (Å²) in [6.07, 6.45) is 5.11. The molecule has 2 aliphatic carbocycles. The van der Waals surface area contributed by atoms with Crippen LogP contribution >= 0.6 is 11.3 Å². The van der Waals surface area contributed by atoms with Crippen molar-refractivity contribution in [3.05, 3.63) is 30.0 Å². The third kappa shape index (κ3) is 4.64.